The second-order valence-electron chi connectivity index (χ2n) is 4.34. The molecule has 19 heavy (non-hydrogen) atoms. The largest absolute Gasteiger partial charge is 0.370 e. The normalized spacial score (nSPS) is 13.6. The van der Waals surface area contributed by atoms with Gasteiger partial charge >= 0.3 is 0 Å². The molecule has 1 N–H and O–H groups in total. The first-order valence-corrected chi connectivity index (χ1v) is 9.01. The Morgan fingerprint density at radius 3 is 2.95 bits per heavy atom. The van der Waals surface area contributed by atoms with Crippen molar-refractivity contribution in [2.45, 2.75) is 24.9 Å². The van der Waals surface area contributed by atoms with Crippen molar-refractivity contribution in [1.29, 1.82) is 0 Å². The van der Waals surface area contributed by atoms with E-state index in [1.807, 2.05) is 17.8 Å². The molecule has 1 aliphatic rings. The van der Waals surface area contributed by atoms with Crippen LogP contribution in [0.3, 0.4) is 0 Å². The van der Waals surface area contributed by atoms with Gasteiger partial charge in [-0.3, -0.25) is 0 Å². The van der Waals surface area contributed by atoms with Gasteiger partial charge in [0.1, 0.15) is 5.82 Å². The zero-order chi connectivity index (χ0) is 13.2. The first-order valence-electron chi connectivity index (χ1n) is 6.25. The Hall–Kier alpha value is -0.590. The number of hydrogen-bond acceptors (Lipinski definition) is 5. The Kier molecular flexibility index (Phi) is 4.10. The van der Waals surface area contributed by atoms with Crippen LogP contribution >= 0.6 is 39.0 Å². The monoisotopic (exact) mass is 355 g/mol. The zero-order valence-electron chi connectivity index (χ0n) is 10.6. The Morgan fingerprint density at radius 2 is 2.21 bits per heavy atom. The van der Waals surface area contributed by atoms with E-state index in [-0.39, 0.29) is 0 Å². The van der Waals surface area contributed by atoms with E-state index in [0.717, 1.165) is 44.8 Å². The lowest BCUT2D eigenvalue weighted by Crippen LogP contribution is -2.07. The van der Waals surface area contributed by atoms with Gasteiger partial charge in [-0.25, -0.2) is 9.97 Å². The van der Waals surface area contributed by atoms with Gasteiger partial charge in [-0.05, 0) is 34.5 Å². The predicted octanol–water partition coefficient (Wildman–Crippen LogP) is 4.54. The molecule has 0 amide bonds. The molecule has 100 valence electrons. The molecule has 0 saturated carbocycles. The van der Waals surface area contributed by atoms with Crippen molar-refractivity contribution < 1.29 is 0 Å². The molecule has 0 aromatic carbocycles. The fourth-order valence-electron chi connectivity index (χ4n) is 1.99. The number of thiophene rings is 1. The topological polar surface area (TPSA) is 37.8 Å². The highest BCUT2D eigenvalue weighted by molar-refractivity contribution is 9.11. The van der Waals surface area contributed by atoms with Crippen molar-refractivity contribution in [2.24, 2.45) is 0 Å². The van der Waals surface area contributed by atoms with Crippen LogP contribution < -0.4 is 5.32 Å². The van der Waals surface area contributed by atoms with E-state index >= 15 is 0 Å². The molecule has 0 aliphatic carbocycles. The van der Waals surface area contributed by atoms with Crippen LogP contribution in [0.15, 0.2) is 15.9 Å². The van der Waals surface area contributed by atoms with Gasteiger partial charge in [0, 0.05) is 23.6 Å². The summed E-state index contributed by atoms with van der Waals surface area (Å²) in [6.07, 6.45) is 1.10. The summed E-state index contributed by atoms with van der Waals surface area (Å²) in [4.78, 5) is 10.6. The number of thioether (sulfide) groups is 1. The summed E-state index contributed by atoms with van der Waals surface area (Å²) in [7, 11) is 0. The maximum atomic E-state index is 4.72. The fraction of sp³-hybridized carbons (Fsp3) is 0.385. The van der Waals surface area contributed by atoms with Crippen LogP contribution in [0.5, 0.6) is 0 Å². The lowest BCUT2D eigenvalue weighted by Gasteiger charge is -2.10. The molecule has 0 fully saturated rings. The SMILES string of the molecule is CCCNc1nc(-c2ccc(Br)s2)nc2c1CSC2. The summed E-state index contributed by atoms with van der Waals surface area (Å²) >= 11 is 7.08. The highest BCUT2D eigenvalue weighted by atomic mass is 79.9. The standard InChI is InChI=1S/C13H14BrN3S2/c1-2-5-15-12-8-6-18-7-9(8)16-13(17-12)10-3-4-11(14)19-10/h3-4H,2,5-7H2,1H3,(H,15,16,17). The molecule has 6 heteroatoms. The van der Waals surface area contributed by atoms with E-state index < -0.39 is 0 Å². The number of rotatable bonds is 4. The summed E-state index contributed by atoms with van der Waals surface area (Å²) in [5.41, 5.74) is 2.48. The number of hydrogen-bond donors (Lipinski definition) is 1. The molecule has 0 spiro atoms. The Bertz CT molecular complexity index is 598. The van der Waals surface area contributed by atoms with Gasteiger partial charge in [-0.15, -0.1) is 11.3 Å². The first-order chi connectivity index (χ1) is 9.28. The van der Waals surface area contributed by atoms with Gasteiger partial charge in [-0.2, -0.15) is 11.8 Å². The molecule has 0 saturated heterocycles. The minimum atomic E-state index is 0.843. The second-order valence-corrected chi connectivity index (χ2v) is 7.79. The van der Waals surface area contributed by atoms with Crippen molar-refractivity contribution in [3.63, 3.8) is 0 Å². The van der Waals surface area contributed by atoms with Gasteiger partial charge in [-0.1, -0.05) is 6.92 Å². The molecule has 3 heterocycles. The van der Waals surface area contributed by atoms with Crippen LogP contribution in [-0.4, -0.2) is 16.5 Å². The molecule has 3 nitrogen and oxygen atoms in total. The second kappa shape index (κ2) is 5.81. The molecule has 0 unspecified atom stereocenters. The van der Waals surface area contributed by atoms with Crippen LogP contribution in [0.4, 0.5) is 5.82 Å². The zero-order valence-corrected chi connectivity index (χ0v) is 13.8. The molecule has 2 aromatic heterocycles. The van der Waals surface area contributed by atoms with E-state index in [4.69, 9.17) is 9.97 Å². The van der Waals surface area contributed by atoms with Gasteiger partial charge in [0.25, 0.3) is 0 Å². The summed E-state index contributed by atoms with van der Waals surface area (Å²) < 4.78 is 1.11. The molecule has 0 radical (unpaired) electrons. The van der Waals surface area contributed by atoms with E-state index in [1.54, 1.807) is 11.3 Å². The van der Waals surface area contributed by atoms with E-state index in [9.17, 15) is 0 Å². The maximum absolute atomic E-state index is 4.72. The number of aromatic nitrogens is 2. The number of nitrogens with one attached hydrogen (secondary N) is 1. The molecule has 0 bridgehead atoms. The molecule has 0 atom stereocenters. The van der Waals surface area contributed by atoms with Crippen molar-refractivity contribution in [1.82, 2.24) is 9.97 Å². The number of anilines is 1. The van der Waals surface area contributed by atoms with Crippen molar-refractivity contribution >= 4 is 44.8 Å². The van der Waals surface area contributed by atoms with Crippen molar-refractivity contribution in [3.05, 3.63) is 27.2 Å². The fourth-order valence-corrected chi connectivity index (χ4v) is 4.35. The van der Waals surface area contributed by atoms with Gasteiger partial charge in [0.2, 0.25) is 0 Å². The van der Waals surface area contributed by atoms with Crippen LogP contribution in [0.2, 0.25) is 0 Å². The van der Waals surface area contributed by atoms with Crippen LogP contribution in [0, 0.1) is 0 Å². The third kappa shape index (κ3) is 2.80. The summed E-state index contributed by atoms with van der Waals surface area (Å²) in [5, 5.41) is 3.44. The molecular weight excluding hydrogens is 342 g/mol. The van der Waals surface area contributed by atoms with Gasteiger partial charge < -0.3 is 5.32 Å². The van der Waals surface area contributed by atoms with E-state index in [0.29, 0.717) is 0 Å². The van der Waals surface area contributed by atoms with Gasteiger partial charge in [0.15, 0.2) is 5.82 Å². The summed E-state index contributed by atoms with van der Waals surface area (Å²) in [6, 6.07) is 4.12. The summed E-state index contributed by atoms with van der Waals surface area (Å²) in [6.45, 7) is 3.13. The Labute approximate surface area is 129 Å². The van der Waals surface area contributed by atoms with Gasteiger partial charge in [0.05, 0.1) is 14.4 Å². The van der Waals surface area contributed by atoms with Crippen LogP contribution in [0.25, 0.3) is 10.7 Å². The van der Waals surface area contributed by atoms with Crippen molar-refractivity contribution in [2.75, 3.05) is 11.9 Å². The molecule has 1 aliphatic heterocycles. The minimum absolute atomic E-state index is 0.843. The number of nitrogens with zero attached hydrogens (tertiary/aromatic N) is 2. The molecule has 2 aromatic rings. The average Bonchev–Trinajstić information content (AvgIpc) is 3.03. The maximum Gasteiger partial charge on any atom is 0.171 e. The van der Waals surface area contributed by atoms with Crippen LogP contribution in [0.1, 0.15) is 24.6 Å². The summed E-state index contributed by atoms with van der Waals surface area (Å²) in [5.74, 6) is 3.89. The smallest absolute Gasteiger partial charge is 0.171 e. The number of fused-ring (bicyclic) bond motifs is 1. The third-order valence-electron chi connectivity index (χ3n) is 2.91. The van der Waals surface area contributed by atoms with Crippen molar-refractivity contribution in [3.8, 4) is 10.7 Å². The lowest BCUT2D eigenvalue weighted by molar-refractivity contribution is 0.956. The average molecular weight is 356 g/mol. The molecule has 3 rings (SSSR count). The number of halogens is 1. The third-order valence-corrected chi connectivity index (χ3v) is 5.50. The van der Waals surface area contributed by atoms with E-state index in [2.05, 4.69) is 34.2 Å². The minimum Gasteiger partial charge on any atom is -0.370 e. The van der Waals surface area contributed by atoms with E-state index in [1.165, 1.54) is 11.3 Å². The highest BCUT2D eigenvalue weighted by Gasteiger charge is 2.20. The quantitative estimate of drug-likeness (QED) is 0.873. The Balaban J connectivity index is 2.02. The predicted molar refractivity (Wildman–Crippen MR) is 86.8 cm³/mol. The van der Waals surface area contributed by atoms with Crippen LogP contribution in [-0.2, 0) is 11.5 Å². The Morgan fingerprint density at radius 1 is 1.32 bits per heavy atom. The lowest BCUT2D eigenvalue weighted by atomic mass is 10.2. The highest BCUT2D eigenvalue weighted by Crippen LogP contribution is 2.36. The molecular formula is C13H14BrN3S2. The first kappa shape index (κ1) is 13.4.